The molecule has 4 nitrogen and oxygen atoms in total. The lowest BCUT2D eigenvalue weighted by Gasteiger charge is -2.27. The molecule has 0 saturated heterocycles. The molecule has 1 N–H and O–H groups in total. The zero-order valence-corrected chi connectivity index (χ0v) is 13.0. The Labute approximate surface area is 123 Å². The Morgan fingerprint density at radius 2 is 2.00 bits per heavy atom. The third-order valence-corrected chi connectivity index (χ3v) is 2.93. The SMILES string of the molecule is CCCN(CC(F)(F)F)c1cnc(C(C)C)nc1CNC. The van der Waals surface area contributed by atoms with Gasteiger partial charge in [0.2, 0.25) is 0 Å². The van der Waals surface area contributed by atoms with Crippen molar-refractivity contribution in [3.63, 3.8) is 0 Å². The zero-order valence-electron chi connectivity index (χ0n) is 13.0. The lowest BCUT2D eigenvalue weighted by atomic mass is 10.2. The van der Waals surface area contributed by atoms with Gasteiger partial charge in [0, 0.05) is 19.0 Å². The van der Waals surface area contributed by atoms with Crippen LogP contribution in [0.15, 0.2) is 6.20 Å². The molecular formula is C14H23F3N4. The van der Waals surface area contributed by atoms with E-state index in [2.05, 4.69) is 15.3 Å². The van der Waals surface area contributed by atoms with Crippen molar-refractivity contribution in [1.82, 2.24) is 15.3 Å². The highest BCUT2D eigenvalue weighted by atomic mass is 19.4. The number of halogens is 3. The van der Waals surface area contributed by atoms with Crippen LogP contribution < -0.4 is 10.2 Å². The summed E-state index contributed by atoms with van der Waals surface area (Å²) in [6.45, 7) is 5.51. The molecule has 1 heterocycles. The first-order valence-corrected chi connectivity index (χ1v) is 7.10. The highest BCUT2D eigenvalue weighted by Crippen LogP contribution is 2.25. The van der Waals surface area contributed by atoms with E-state index in [1.165, 1.54) is 11.1 Å². The summed E-state index contributed by atoms with van der Waals surface area (Å²) in [6.07, 6.45) is -2.11. The molecule has 120 valence electrons. The van der Waals surface area contributed by atoms with Crippen molar-refractivity contribution in [3.05, 3.63) is 17.7 Å². The van der Waals surface area contributed by atoms with Crippen LogP contribution in [0.3, 0.4) is 0 Å². The molecule has 0 aliphatic carbocycles. The topological polar surface area (TPSA) is 41.1 Å². The van der Waals surface area contributed by atoms with Gasteiger partial charge in [-0.05, 0) is 13.5 Å². The van der Waals surface area contributed by atoms with E-state index in [0.29, 0.717) is 36.7 Å². The molecule has 7 heteroatoms. The molecule has 0 radical (unpaired) electrons. The van der Waals surface area contributed by atoms with Crippen LogP contribution in [0.2, 0.25) is 0 Å². The van der Waals surface area contributed by atoms with Gasteiger partial charge in [-0.3, -0.25) is 0 Å². The Hall–Kier alpha value is -1.37. The molecule has 0 amide bonds. The first-order chi connectivity index (χ1) is 9.78. The maximum Gasteiger partial charge on any atom is 0.405 e. The smallest absolute Gasteiger partial charge is 0.360 e. The van der Waals surface area contributed by atoms with E-state index in [1.54, 1.807) is 7.05 Å². The van der Waals surface area contributed by atoms with E-state index in [1.807, 2.05) is 20.8 Å². The average molecular weight is 304 g/mol. The van der Waals surface area contributed by atoms with Crippen molar-refractivity contribution < 1.29 is 13.2 Å². The molecule has 0 saturated carbocycles. The molecule has 0 fully saturated rings. The van der Waals surface area contributed by atoms with E-state index >= 15 is 0 Å². The van der Waals surface area contributed by atoms with Crippen molar-refractivity contribution >= 4 is 5.69 Å². The minimum atomic E-state index is -4.25. The largest absolute Gasteiger partial charge is 0.405 e. The number of nitrogens with one attached hydrogen (secondary N) is 1. The molecule has 0 atom stereocenters. The molecular weight excluding hydrogens is 281 g/mol. The predicted molar refractivity (Wildman–Crippen MR) is 77.4 cm³/mol. The molecule has 21 heavy (non-hydrogen) atoms. The lowest BCUT2D eigenvalue weighted by Crippen LogP contribution is -2.36. The van der Waals surface area contributed by atoms with Gasteiger partial charge in [0.05, 0.1) is 17.6 Å². The van der Waals surface area contributed by atoms with Crippen molar-refractivity contribution in [1.29, 1.82) is 0 Å². The summed E-state index contributed by atoms with van der Waals surface area (Å²) in [5.74, 6) is 0.782. The number of alkyl halides is 3. The Morgan fingerprint density at radius 3 is 2.48 bits per heavy atom. The summed E-state index contributed by atoms with van der Waals surface area (Å²) >= 11 is 0. The fourth-order valence-corrected chi connectivity index (χ4v) is 2.04. The molecule has 0 aliphatic heterocycles. The van der Waals surface area contributed by atoms with Crippen LogP contribution in [0.5, 0.6) is 0 Å². The number of rotatable bonds is 7. The third kappa shape index (κ3) is 5.49. The maximum absolute atomic E-state index is 12.7. The van der Waals surface area contributed by atoms with Crippen LogP contribution in [0.1, 0.15) is 44.6 Å². The van der Waals surface area contributed by atoms with Crippen LogP contribution in [-0.4, -0.2) is 36.3 Å². The minimum Gasteiger partial charge on any atom is -0.360 e. The van der Waals surface area contributed by atoms with Crippen LogP contribution in [0.25, 0.3) is 0 Å². The average Bonchev–Trinajstić information content (AvgIpc) is 2.37. The monoisotopic (exact) mass is 304 g/mol. The van der Waals surface area contributed by atoms with Gasteiger partial charge in [0.25, 0.3) is 0 Å². The van der Waals surface area contributed by atoms with E-state index in [-0.39, 0.29) is 5.92 Å². The van der Waals surface area contributed by atoms with Crippen molar-refractivity contribution in [2.75, 3.05) is 25.0 Å². The summed E-state index contributed by atoms with van der Waals surface area (Å²) in [5, 5.41) is 2.95. The number of aromatic nitrogens is 2. The highest BCUT2D eigenvalue weighted by molar-refractivity contribution is 5.49. The second kappa shape index (κ2) is 7.59. The summed E-state index contributed by atoms with van der Waals surface area (Å²) in [6, 6.07) is 0. The molecule has 1 aromatic rings. The molecule has 0 aromatic carbocycles. The van der Waals surface area contributed by atoms with Crippen LogP contribution in [0, 0.1) is 0 Å². The van der Waals surface area contributed by atoms with Crippen molar-refractivity contribution in [3.8, 4) is 0 Å². The quantitative estimate of drug-likeness (QED) is 0.840. The molecule has 1 aromatic heterocycles. The van der Waals surface area contributed by atoms with Gasteiger partial charge in [0.1, 0.15) is 12.4 Å². The fraction of sp³-hybridized carbons (Fsp3) is 0.714. The van der Waals surface area contributed by atoms with Gasteiger partial charge < -0.3 is 10.2 Å². The minimum absolute atomic E-state index is 0.136. The maximum atomic E-state index is 12.7. The molecule has 0 spiro atoms. The van der Waals surface area contributed by atoms with Crippen LogP contribution in [0.4, 0.5) is 18.9 Å². The second-order valence-corrected chi connectivity index (χ2v) is 5.28. The number of anilines is 1. The van der Waals surface area contributed by atoms with Crippen molar-refractivity contribution in [2.45, 2.75) is 45.8 Å². The van der Waals surface area contributed by atoms with Gasteiger partial charge in [0.15, 0.2) is 0 Å². The normalized spacial score (nSPS) is 12.0. The van der Waals surface area contributed by atoms with Gasteiger partial charge in [-0.2, -0.15) is 13.2 Å². The van der Waals surface area contributed by atoms with Gasteiger partial charge >= 0.3 is 6.18 Å². The van der Waals surface area contributed by atoms with E-state index in [0.717, 1.165) is 0 Å². The fourth-order valence-electron chi connectivity index (χ4n) is 2.04. The van der Waals surface area contributed by atoms with Gasteiger partial charge in [-0.15, -0.1) is 0 Å². The zero-order chi connectivity index (χ0) is 16.0. The van der Waals surface area contributed by atoms with Gasteiger partial charge in [-0.25, -0.2) is 9.97 Å². The van der Waals surface area contributed by atoms with Crippen LogP contribution >= 0.6 is 0 Å². The number of hydrogen-bond donors (Lipinski definition) is 1. The number of nitrogens with zero attached hydrogens (tertiary/aromatic N) is 3. The predicted octanol–water partition coefficient (Wildman–Crippen LogP) is 3.10. The number of hydrogen-bond acceptors (Lipinski definition) is 4. The Kier molecular flexibility index (Phi) is 6.39. The van der Waals surface area contributed by atoms with Gasteiger partial charge in [-0.1, -0.05) is 20.8 Å². The van der Waals surface area contributed by atoms with Crippen LogP contribution in [-0.2, 0) is 6.54 Å². The van der Waals surface area contributed by atoms with E-state index < -0.39 is 12.7 Å². The molecule has 0 bridgehead atoms. The van der Waals surface area contributed by atoms with E-state index in [4.69, 9.17) is 0 Å². The molecule has 0 aliphatic rings. The highest BCUT2D eigenvalue weighted by Gasteiger charge is 2.31. The van der Waals surface area contributed by atoms with E-state index in [9.17, 15) is 13.2 Å². The lowest BCUT2D eigenvalue weighted by molar-refractivity contribution is -0.119. The summed E-state index contributed by atoms with van der Waals surface area (Å²) in [5.41, 5.74) is 1.06. The summed E-state index contributed by atoms with van der Waals surface area (Å²) in [7, 11) is 1.74. The third-order valence-electron chi connectivity index (χ3n) is 2.93. The Morgan fingerprint density at radius 1 is 1.33 bits per heavy atom. The Bertz CT molecular complexity index is 446. The first-order valence-electron chi connectivity index (χ1n) is 7.10. The Balaban J connectivity index is 3.16. The first kappa shape index (κ1) is 17.7. The second-order valence-electron chi connectivity index (χ2n) is 5.28. The summed E-state index contributed by atoms with van der Waals surface area (Å²) in [4.78, 5) is 9.92. The standard InChI is InChI=1S/C14H23F3N4/c1-5-6-21(9-14(15,16)17)12-8-19-13(10(2)3)20-11(12)7-18-4/h8,10,18H,5-7,9H2,1-4H3. The molecule has 0 unspecified atom stereocenters. The summed E-state index contributed by atoms with van der Waals surface area (Å²) < 4.78 is 38.2. The van der Waals surface area contributed by atoms with Crippen molar-refractivity contribution in [2.24, 2.45) is 0 Å². The molecule has 1 rings (SSSR count).